The standard InChI is InChI=1S/C21H20O6/c1-21(2,20(23)24)12-27-15-8-9-16-18(10-15)26-11-17(19(16)22)13-4-6-14(25-3)7-5-13/h4-11H,12H2,1-3H3,(H,23,24). The van der Waals surface area contributed by atoms with Crippen molar-refractivity contribution in [3.05, 3.63) is 59.0 Å². The highest BCUT2D eigenvalue weighted by atomic mass is 16.5. The van der Waals surface area contributed by atoms with E-state index >= 15 is 0 Å². The zero-order valence-electron chi connectivity index (χ0n) is 15.3. The first-order valence-corrected chi connectivity index (χ1v) is 8.38. The molecule has 0 amide bonds. The van der Waals surface area contributed by atoms with Gasteiger partial charge in [-0.3, -0.25) is 9.59 Å². The van der Waals surface area contributed by atoms with Crippen molar-refractivity contribution in [1.29, 1.82) is 0 Å². The molecule has 1 aromatic heterocycles. The van der Waals surface area contributed by atoms with Gasteiger partial charge in [0.05, 0.1) is 23.5 Å². The van der Waals surface area contributed by atoms with Crippen LogP contribution in [0.15, 0.2) is 57.9 Å². The number of hydrogen-bond donors (Lipinski definition) is 1. The number of hydrogen-bond acceptors (Lipinski definition) is 5. The lowest BCUT2D eigenvalue weighted by atomic mass is 9.95. The number of carboxylic acids is 1. The molecular weight excluding hydrogens is 348 g/mol. The highest BCUT2D eigenvalue weighted by molar-refractivity contribution is 5.82. The monoisotopic (exact) mass is 368 g/mol. The maximum atomic E-state index is 12.8. The molecule has 0 fully saturated rings. The van der Waals surface area contributed by atoms with Crippen molar-refractivity contribution >= 4 is 16.9 Å². The Morgan fingerprint density at radius 2 is 1.78 bits per heavy atom. The molecule has 0 unspecified atom stereocenters. The van der Waals surface area contributed by atoms with E-state index in [0.29, 0.717) is 28.0 Å². The maximum Gasteiger partial charge on any atom is 0.312 e. The zero-order valence-corrected chi connectivity index (χ0v) is 15.3. The fourth-order valence-electron chi connectivity index (χ4n) is 2.49. The van der Waals surface area contributed by atoms with E-state index in [-0.39, 0.29) is 12.0 Å². The van der Waals surface area contributed by atoms with Gasteiger partial charge in [-0.25, -0.2) is 0 Å². The lowest BCUT2D eigenvalue weighted by molar-refractivity contribution is -0.148. The van der Waals surface area contributed by atoms with Crippen molar-refractivity contribution in [1.82, 2.24) is 0 Å². The highest BCUT2D eigenvalue weighted by Gasteiger charge is 2.28. The molecular formula is C21H20O6. The van der Waals surface area contributed by atoms with Gasteiger partial charge in [-0.05, 0) is 43.7 Å². The summed E-state index contributed by atoms with van der Waals surface area (Å²) in [5.41, 5.74) is 0.385. The lowest BCUT2D eigenvalue weighted by Gasteiger charge is -2.19. The summed E-state index contributed by atoms with van der Waals surface area (Å²) in [6.07, 6.45) is 1.41. The Morgan fingerprint density at radius 3 is 2.41 bits per heavy atom. The Labute approximate surface area is 156 Å². The van der Waals surface area contributed by atoms with Gasteiger partial charge in [0.1, 0.15) is 30.0 Å². The van der Waals surface area contributed by atoms with Crippen LogP contribution < -0.4 is 14.9 Å². The third-order valence-electron chi connectivity index (χ3n) is 4.33. The fraction of sp³-hybridized carbons (Fsp3) is 0.238. The van der Waals surface area contributed by atoms with E-state index in [1.165, 1.54) is 6.26 Å². The normalized spacial score (nSPS) is 11.4. The first-order chi connectivity index (χ1) is 12.8. The summed E-state index contributed by atoms with van der Waals surface area (Å²) in [6, 6.07) is 12.0. The molecule has 6 nitrogen and oxygen atoms in total. The van der Waals surface area contributed by atoms with Gasteiger partial charge >= 0.3 is 5.97 Å². The molecule has 3 rings (SSSR count). The topological polar surface area (TPSA) is 86.0 Å². The van der Waals surface area contributed by atoms with Gasteiger partial charge in [0, 0.05) is 6.07 Å². The first kappa shape index (κ1) is 18.5. The fourth-order valence-corrected chi connectivity index (χ4v) is 2.49. The average molecular weight is 368 g/mol. The van der Waals surface area contributed by atoms with E-state index < -0.39 is 11.4 Å². The predicted molar refractivity (Wildman–Crippen MR) is 101 cm³/mol. The summed E-state index contributed by atoms with van der Waals surface area (Å²) in [6.45, 7) is 3.16. The summed E-state index contributed by atoms with van der Waals surface area (Å²) in [5, 5.41) is 9.58. The molecule has 0 aliphatic carbocycles. The van der Waals surface area contributed by atoms with Crippen LogP contribution in [0.3, 0.4) is 0 Å². The van der Waals surface area contributed by atoms with E-state index in [1.807, 2.05) is 0 Å². The minimum absolute atomic E-state index is 0.00199. The summed E-state index contributed by atoms with van der Waals surface area (Å²) < 4.78 is 16.3. The molecule has 2 aromatic carbocycles. The molecule has 0 atom stereocenters. The van der Waals surface area contributed by atoms with E-state index in [0.717, 1.165) is 5.56 Å². The highest BCUT2D eigenvalue weighted by Crippen LogP contribution is 2.25. The van der Waals surface area contributed by atoms with Crippen molar-refractivity contribution in [3.8, 4) is 22.6 Å². The molecule has 1 heterocycles. The first-order valence-electron chi connectivity index (χ1n) is 8.38. The minimum atomic E-state index is -1.02. The number of fused-ring (bicyclic) bond motifs is 1. The number of aliphatic carboxylic acids is 1. The van der Waals surface area contributed by atoms with Gasteiger partial charge in [-0.15, -0.1) is 0 Å². The van der Waals surface area contributed by atoms with Gasteiger partial charge in [0.25, 0.3) is 0 Å². The van der Waals surface area contributed by atoms with Crippen LogP contribution in [-0.2, 0) is 4.79 Å². The Hall–Kier alpha value is -3.28. The van der Waals surface area contributed by atoms with Crippen molar-refractivity contribution < 1.29 is 23.8 Å². The summed E-state index contributed by atoms with van der Waals surface area (Å²) in [7, 11) is 1.58. The van der Waals surface area contributed by atoms with Crippen molar-refractivity contribution in [2.45, 2.75) is 13.8 Å². The van der Waals surface area contributed by atoms with Crippen LogP contribution in [0.2, 0.25) is 0 Å². The van der Waals surface area contributed by atoms with Crippen molar-refractivity contribution in [2.75, 3.05) is 13.7 Å². The van der Waals surface area contributed by atoms with Gasteiger partial charge < -0.3 is 19.0 Å². The second-order valence-electron chi connectivity index (χ2n) is 6.84. The number of carbonyl (C=O) groups is 1. The third-order valence-corrected chi connectivity index (χ3v) is 4.33. The molecule has 0 aliphatic rings. The molecule has 140 valence electrons. The molecule has 27 heavy (non-hydrogen) atoms. The Bertz CT molecular complexity index is 1030. The second kappa shape index (κ2) is 7.15. The smallest absolute Gasteiger partial charge is 0.312 e. The largest absolute Gasteiger partial charge is 0.497 e. The van der Waals surface area contributed by atoms with Gasteiger partial charge in [0.15, 0.2) is 5.43 Å². The Balaban J connectivity index is 1.91. The molecule has 0 saturated carbocycles. The van der Waals surface area contributed by atoms with Gasteiger partial charge in [-0.1, -0.05) is 12.1 Å². The molecule has 1 N–H and O–H groups in total. The van der Waals surface area contributed by atoms with Crippen LogP contribution in [0.5, 0.6) is 11.5 Å². The molecule has 6 heteroatoms. The van der Waals surface area contributed by atoms with Gasteiger partial charge in [0.2, 0.25) is 0 Å². The molecule has 3 aromatic rings. The van der Waals surface area contributed by atoms with E-state index in [1.54, 1.807) is 63.4 Å². The average Bonchev–Trinajstić information content (AvgIpc) is 2.67. The molecule has 0 saturated heterocycles. The number of carboxylic acid groups (broad SMARTS) is 1. The van der Waals surface area contributed by atoms with E-state index in [2.05, 4.69) is 0 Å². The van der Waals surface area contributed by atoms with Gasteiger partial charge in [-0.2, -0.15) is 0 Å². The molecule has 0 spiro atoms. The minimum Gasteiger partial charge on any atom is -0.497 e. The van der Waals surface area contributed by atoms with Crippen LogP contribution in [0.25, 0.3) is 22.1 Å². The Morgan fingerprint density at radius 1 is 1.11 bits per heavy atom. The second-order valence-corrected chi connectivity index (χ2v) is 6.84. The van der Waals surface area contributed by atoms with Crippen LogP contribution in [0, 0.1) is 5.41 Å². The van der Waals surface area contributed by atoms with Crippen molar-refractivity contribution in [2.24, 2.45) is 5.41 Å². The van der Waals surface area contributed by atoms with Crippen molar-refractivity contribution in [3.63, 3.8) is 0 Å². The Kier molecular flexibility index (Phi) is 4.90. The number of methoxy groups -OCH3 is 1. The third kappa shape index (κ3) is 3.79. The SMILES string of the molecule is COc1ccc(-c2coc3cc(OCC(C)(C)C(=O)O)ccc3c2=O)cc1. The van der Waals surface area contributed by atoms with E-state index in [9.17, 15) is 9.59 Å². The van der Waals surface area contributed by atoms with E-state index in [4.69, 9.17) is 19.0 Å². The summed E-state index contributed by atoms with van der Waals surface area (Å²) in [5.74, 6) is 0.200. The van der Waals surface area contributed by atoms with Crippen LogP contribution >= 0.6 is 0 Å². The number of ether oxygens (including phenoxy) is 2. The molecule has 0 bridgehead atoms. The lowest BCUT2D eigenvalue weighted by Crippen LogP contribution is -2.30. The van der Waals surface area contributed by atoms with Crippen LogP contribution in [0.1, 0.15) is 13.8 Å². The quantitative estimate of drug-likeness (QED) is 0.709. The molecule has 0 radical (unpaired) electrons. The number of rotatable bonds is 6. The summed E-state index contributed by atoms with van der Waals surface area (Å²) >= 11 is 0. The number of benzene rings is 2. The zero-order chi connectivity index (χ0) is 19.6. The summed E-state index contributed by atoms with van der Waals surface area (Å²) in [4.78, 5) is 24.0. The van der Waals surface area contributed by atoms with Crippen LogP contribution in [-0.4, -0.2) is 24.8 Å². The predicted octanol–water partition coefficient (Wildman–Crippen LogP) is 3.96. The molecule has 0 aliphatic heterocycles. The van der Waals surface area contributed by atoms with Crippen LogP contribution in [0.4, 0.5) is 0 Å². The maximum absolute atomic E-state index is 12.8.